The number of aliphatic hydroxyl groups excluding tert-OH is 1. The van der Waals surface area contributed by atoms with E-state index in [1.165, 1.54) is 0 Å². The molecule has 2 atom stereocenters. The van der Waals surface area contributed by atoms with Gasteiger partial charge in [-0.2, -0.15) is 0 Å². The van der Waals surface area contributed by atoms with Crippen LogP contribution in [0.2, 0.25) is 0 Å². The zero-order chi connectivity index (χ0) is 13.9. The van der Waals surface area contributed by atoms with E-state index >= 15 is 0 Å². The lowest BCUT2D eigenvalue weighted by molar-refractivity contribution is 0.0660. The maximum absolute atomic E-state index is 12.7. The van der Waals surface area contributed by atoms with E-state index < -0.39 is 6.10 Å². The number of carbonyl (C=O) groups excluding carboxylic acids is 1. The van der Waals surface area contributed by atoms with E-state index in [2.05, 4.69) is 0 Å². The molecule has 0 unspecified atom stereocenters. The molecule has 0 saturated heterocycles. The van der Waals surface area contributed by atoms with E-state index in [1.54, 1.807) is 0 Å². The summed E-state index contributed by atoms with van der Waals surface area (Å²) in [6.45, 7) is 0. The van der Waals surface area contributed by atoms with Gasteiger partial charge in [-0.25, -0.2) is 0 Å². The first-order chi connectivity index (χ1) is 9.77. The summed E-state index contributed by atoms with van der Waals surface area (Å²) in [6, 6.07) is 17.2. The van der Waals surface area contributed by atoms with Crippen molar-refractivity contribution in [2.75, 3.05) is 0 Å². The first kappa shape index (κ1) is 13.1. The molecule has 1 N–H and O–H groups in total. The van der Waals surface area contributed by atoms with Gasteiger partial charge in [-0.05, 0) is 30.4 Å². The summed E-state index contributed by atoms with van der Waals surface area (Å²) in [4.78, 5) is 12.7. The van der Waals surface area contributed by atoms with Crippen molar-refractivity contribution in [1.82, 2.24) is 0 Å². The standard InChI is InChI=1S/C18H18O2/c19-17(14-8-2-1-3-9-14)16-12-6-10-13-7-4-5-11-15(13)18(16)20/h1-5,7-9,11,16-17,19H,6,10,12H2/t16-,17+/m1/s1. The molecule has 102 valence electrons. The van der Waals surface area contributed by atoms with E-state index in [0.29, 0.717) is 0 Å². The highest BCUT2D eigenvalue weighted by molar-refractivity contribution is 5.99. The molecule has 0 spiro atoms. The van der Waals surface area contributed by atoms with Crippen LogP contribution in [0.25, 0.3) is 0 Å². The molecule has 2 heteroatoms. The first-order valence-electron chi connectivity index (χ1n) is 7.12. The number of ketones is 1. The van der Waals surface area contributed by atoms with Gasteiger partial charge in [0, 0.05) is 5.56 Å². The van der Waals surface area contributed by atoms with Crippen LogP contribution in [0, 0.1) is 5.92 Å². The van der Waals surface area contributed by atoms with E-state index in [-0.39, 0.29) is 11.7 Å². The smallest absolute Gasteiger partial charge is 0.169 e. The average molecular weight is 266 g/mol. The molecule has 0 heterocycles. The van der Waals surface area contributed by atoms with Gasteiger partial charge in [0.25, 0.3) is 0 Å². The van der Waals surface area contributed by atoms with Gasteiger partial charge in [0.2, 0.25) is 0 Å². The fraction of sp³-hybridized carbons (Fsp3) is 0.278. The van der Waals surface area contributed by atoms with Crippen LogP contribution in [0.3, 0.4) is 0 Å². The Morgan fingerprint density at radius 2 is 1.70 bits per heavy atom. The molecule has 0 bridgehead atoms. The topological polar surface area (TPSA) is 37.3 Å². The Bertz CT molecular complexity index is 604. The third-order valence-electron chi connectivity index (χ3n) is 4.10. The Labute approximate surface area is 119 Å². The molecule has 0 aromatic heterocycles. The molecule has 1 aliphatic rings. The quantitative estimate of drug-likeness (QED) is 0.844. The molecule has 2 aromatic carbocycles. The van der Waals surface area contributed by atoms with Crippen molar-refractivity contribution >= 4 is 5.78 Å². The van der Waals surface area contributed by atoms with E-state index in [1.807, 2.05) is 54.6 Å². The third kappa shape index (κ3) is 2.39. The van der Waals surface area contributed by atoms with Crippen molar-refractivity contribution in [2.24, 2.45) is 5.92 Å². The van der Waals surface area contributed by atoms with Crippen LogP contribution in [0.4, 0.5) is 0 Å². The Kier molecular flexibility index (Phi) is 3.66. The van der Waals surface area contributed by atoms with Crippen molar-refractivity contribution in [1.29, 1.82) is 0 Å². The number of aliphatic hydroxyl groups is 1. The first-order valence-corrected chi connectivity index (χ1v) is 7.12. The van der Waals surface area contributed by atoms with Gasteiger partial charge >= 0.3 is 0 Å². The summed E-state index contributed by atoms with van der Waals surface area (Å²) >= 11 is 0. The Morgan fingerprint density at radius 3 is 2.50 bits per heavy atom. The highest BCUT2D eigenvalue weighted by atomic mass is 16.3. The van der Waals surface area contributed by atoms with E-state index in [9.17, 15) is 9.90 Å². The van der Waals surface area contributed by atoms with Crippen molar-refractivity contribution in [3.63, 3.8) is 0 Å². The van der Waals surface area contributed by atoms with Crippen molar-refractivity contribution in [3.05, 3.63) is 71.3 Å². The predicted molar refractivity (Wildman–Crippen MR) is 78.6 cm³/mol. The zero-order valence-electron chi connectivity index (χ0n) is 11.3. The monoisotopic (exact) mass is 266 g/mol. The summed E-state index contributed by atoms with van der Waals surface area (Å²) in [5.74, 6) is -0.254. The van der Waals surface area contributed by atoms with Crippen molar-refractivity contribution in [3.8, 4) is 0 Å². The second-order valence-electron chi connectivity index (χ2n) is 5.38. The lowest BCUT2D eigenvalue weighted by Gasteiger charge is -2.20. The number of rotatable bonds is 2. The largest absolute Gasteiger partial charge is 0.388 e. The van der Waals surface area contributed by atoms with Gasteiger partial charge < -0.3 is 5.11 Å². The SMILES string of the molecule is O=C1c2ccccc2CCC[C@@H]1[C@@H](O)c1ccccc1. The summed E-state index contributed by atoms with van der Waals surface area (Å²) in [6.07, 6.45) is 1.88. The zero-order valence-corrected chi connectivity index (χ0v) is 11.3. The van der Waals surface area contributed by atoms with Gasteiger partial charge in [-0.1, -0.05) is 54.6 Å². The summed E-state index contributed by atoms with van der Waals surface area (Å²) in [7, 11) is 0. The van der Waals surface area contributed by atoms with Crippen LogP contribution in [0.5, 0.6) is 0 Å². The van der Waals surface area contributed by atoms with E-state index in [0.717, 1.165) is 36.0 Å². The van der Waals surface area contributed by atoms with Crippen LogP contribution < -0.4 is 0 Å². The minimum absolute atomic E-state index is 0.0782. The normalized spacial score (nSPS) is 20.1. The average Bonchev–Trinajstić information content (AvgIpc) is 2.67. The number of hydrogen-bond acceptors (Lipinski definition) is 2. The Hall–Kier alpha value is -1.93. The number of aryl methyl sites for hydroxylation is 1. The molecule has 0 amide bonds. The number of carbonyl (C=O) groups is 1. The molecule has 0 radical (unpaired) electrons. The summed E-state index contributed by atoms with van der Waals surface area (Å²) in [5.41, 5.74) is 2.72. The lowest BCUT2D eigenvalue weighted by Crippen LogP contribution is -2.22. The van der Waals surface area contributed by atoms with Crippen LogP contribution in [-0.2, 0) is 6.42 Å². The molecule has 0 aliphatic heterocycles. The number of benzene rings is 2. The highest BCUT2D eigenvalue weighted by Crippen LogP contribution is 2.33. The molecular formula is C18H18O2. The van der Waals surface area contributed by atoms with Gasteiger partial charge in [0.15, 0.2) is 5.78 Å². The summed E-state index contributed by atoms with van der Waals surface area (Å²) < 4.78 is 0. The number of Topliss-reactive ketones (excluding diaryl/α,β-unsaturated/α-hetero) is 1. The Balaban J connectivity index is 1.93. The molecule has 1 aliphatic carbocycles. The van der Waals surface area contributed by atoms with Crippen LogP contribution in [0.1, 0.15) is 40.4 Å². The van der Waals surface area contributed by atoms with Gasteiger partial charge in [0.1, 0.15) is 0 Å². The van der Waals surface area contributed by atoms with Gasteiger partial charge in [0.05, 0.1) is 12.0 Å². The molecule has 3 rings (SSSR count). The maximum atomic E-state index is 12.7. The second kappa shape index (κ2) is 5.59. The van der Waals surface area contributed by atoms with E-state index in [4.69, 9.17) is 0 Å². The highest BCUT2D eigenvalue weighted by Gasteiger charge is 2.31. The molecule has 2 nitrogen and oxygen atoms in total. The predicted octanol–water partition coefficient (Wildman–Crippen LogP) is 3.56. The van der Waals surface area contributed by atoms with Crippen LogP contribution in [0.15, 0.2) is 54.6 Å². The lowest BCUT2D eigenvalue weighted by atomic mass is 9.87. The fourth-order valence-corrected chi connectivity index (χ4v) is 3.01. The number of hydrogen-bond donors (Lipinski definition) is 1. The Morgan fingerprint density at radius 1 is 1.00 bits per heavy atom. The molecule has 0 fully saturated rings. The molecule has 20 heavy (non-hydrogen) atoms. The molecule has 0 saturated carbocycles. The summed E-state index contributed by atoms with van der Waals surface area (Å²) in [5, 5.41) is 10.5. The van der Waals surface area contributed by atoms with Crippen LogP contribution >= 0.6 is 0 Å². The number of fused-ring (bicyclic) bond motifs is 1. The van der Waals surface area contributed by atoms with Crippen LogP contribution in [-0.4, -0.2) is 10.9 Å². The second-order valence-corrected chi connectivity index (χ2v) is 5.38. The van der Waals surface area contributed by atoms with Gasteiger partial charge in [-0.3, -0.25) is 4.79 Å². The minimum atomic E-state index is -0.713. The fourth-order valence-electron chi connectivity index (χ4n) is 3.01. The van der Waals surface area contributed by atoms with Crippen molar-refractivity contribution in [2.45, 2.75) is 25.4 Å². The van der Waals surface area contributed by atoms with Crippen molar-refractivity contribution < 1.29 is 9.90 Å². The maximum Gasteiger partial charge on any atom is 0.169 e. The third-order valence-corrected chi connectivity index (χ3v) is 4.10. The van der Waals surface area contributed by atoms with Gasteiger partial charge in [-0.15, -0.1) is 0 Å². The molecular weight excluding hydrogens is 248 g/mol. The molecule has 2 aromatic rings. The minimum Gasteiger partial charge on any atom is -0.388 e.